The largest absolute Gasteiger partial charge is 0.413 e. The topological polar surface area (TPSA) is 46.5 Å². The predicted octanol–water partition coefficient (Wildman–Crippen LogP) is 5.88. The Bertz CT molecular complexity index is 720. The van der Waals surface area contributed by atoms with E-state index in [0.29, 0.717) is 30.3 Å². The summed E-state index contributed by atoms with van der Waals surface area (Å²) in [5, 5.41) is 11.2. The second kappa shape index (κ2) is 6.77. The van der Waals surface area contributed by atoms with E-state index in [4.69, 9.17) is 4.43 Å². The summed E-state index contributed by atoms with van der Waals surface area (Å²) in [6.07, 6.45) is 9.05. The maximum atomic E-state index is 12.1. The molecule has 1 N–H and O–H groups in total. The number of carbonyl (C=O) groups is 1. The van der Waals surface area contributed by atoms with Crippen molar-refractivity contribution in [2.75, 3.05) is 0 Å². The molecule has 29 heavy (non-hydrogen) atoms. The number of ketones is 1. The van der Waals surface area contributed by atoms with Crippen LogP contribution in [-0.4, -0.2) is 31.4 Å². The van der Waals surface area contributed by atoms with Crippen LogP contribution < -0.4 is 0 Å². The van der Waals surface area contributed by atoms with Crippen molar-refractivity contribution < 1.29 is 14.3 Å². The molecule has 0 unspecified atom stereocenters. The molecule has 4 heteroatoms. The first-order valence-corrected chi connectivity index (χ1v) is 14.8. The summed E-state index contributed by atoms with van der Waals surface area (Å²) in [5.41, 5.74) is 1.30. The Kier molecular flexibility index (Phi) is 5.08. The van der Waals surface area contributed by atoms with E-state index in [1.165, 1.54) is 31.3 Å². The fraction of sp³-hybridized carbons (Fsp3) is 0.880. The summed E-state index contributed by atoms with van der Waals surface area (Å²) < 4.78 is 7.02. The summed E-state index contributed by atoms with van der Waals surface area (Å²) in [6.45, 7) is 16.6. The van der Waals surface area contributed by atoms with Crippen LogP contribution in [-0.2, 0) is 9.22 Å². The van der Waals surface area contributed by atoms with E-state index in [1.54, 1.807) is 0 Å². The quantitative estimate of drug-likeness (QED) is 0.570. The molecular weight excluding hydrogens is 376 g/mol. The Hall–Kier alpha value is -0.453. The Morgan fingerprint density at radius 2 is 1.79 bits per heavy atom. The van der Waals surface area contributed by atoms with Crippen LogP contribution in [0.5, 0.6) is 0 Å². The molecule has 0 spiro atoms. The van der Waals surface area contributed by atoms with Crippen LogP contribution in [0.15, 0.2) is 11.6 Å². The molecule has 0 aromatic carbocycles. The first-order chi connectivity index (χ1) is 13.3. The molecule has 7 atom stereocenters. The van der Waals surface area contributed by atoms with Gasteiger partial charge in [0, 0.05) is 11.8 Å². The van der Waals surface area contributed by atoms with Crippen LogP contribution in [0, 0.1) is 28.6 Å². The van der Waals surface area contributed by atoms with E-state index in [9.17, 15) is 9.90 Å². The second-order valence-corrected chi connectivity index (χ2v) is 17.3. The molecule has 4 aliphatic rings. The zero-order chi connectivity index (χ0) is 21.4. The van der Waals surface area contributed by atoms with Crippen LogP contribution in [0.4, 0.5) is 0 Å². The molecule has 0 bridgehead atoms. The molecule has 0 radical (unpaired) electrons. The van der Waals surface area contributed by atoms with Gasteiger partial charge in [-0.05, 0) is 85.9 Å². The van der Waals surface area contributed by atoms with Crippen molar-refractivity contribution in [1.29, 1.82) is 0 Å². The van der Waals surface area contributed by atoms with Gasteiger partial charge < -0.3 is 9.53 Å². The fourth-order valence-electron chi connectivity index (χ4n) is 7.29. The molecule has 4 rings (SSSR count). The fourth-order valence-corrected chi connectivity index (χ4v) is 8.74. The van der Waals surface area contributed by atoms with Crippen molar-refractivity contribution in [3.63, 3.8) is 0 Å². The number of hydrogen-bond donors (Lipinski definition) is 1. The average molecular weight is 419 g/mol. The lowest BCUT2D eigenvalue weighted by molar-refractivity contribution is -0.128. The molecule has 164 valence electrons. The average Bonchev–Trinajstić information content (AvgIpc) is 2.91. The lowest BCUT2D eigenvalue weighted by Crippen LogP contribution is -2.56. The van der Waals surface area contributed by atoms with E-state index < -0.39 is 14.4 Å². The van der Waals surface area contributed by atoms with Gasteiger partial charge in [0.1, 0.15) is 0 Å². The van der Waals surface area contributed by atoms with Crippen LogP contribution in [0.1, 0.15) is 79.6 Å². The lowest BCUT2D eigenvalue weighted by atomic mass is 9.47. The molecule has 0 aromatic rings. The molecule has 0 aromatic heterocycles. The highest BCUT2D eigenvalue weighted by Gasteiger charge is 2.61. The molecule has 4 aliphatic carbocycles. The molecule has 0 aliphatic heterocycles. The summed E-state index contributed by atoms with van der Waals surface area (Å²) >= 11 is 0. The SMILES string of the molecule is CC(C)(C)[Si](C)(C)O[C@H]1CC[C@H]2[C@@H]3CCC4=CC(=O)C[C@H](O)[C@]4(C)[C@H]3CC[C@]12C. The van der Waals surface area contributed by atoms with Gasteiger partial charge >= 0.3 is 0 Å². The van der Waals surface area contributed by atoms with Crippen molar-refractivity contribution in [3.05, 3.63) is 11.6 Å². The Labute approximate surface area is 178 Å². The van der Waals surface area contributed by atoms with E-state index >= 15 is 0 Å². The molecule has 0 heterocycles. The normalized spacial score (nSPS) is 45.3. The van der Waals surface area contributed by atoms with Crippen LogP contribution in [0.2, 0.25) is 18.1 Å². The smallest absolute Gasteiger partial charge is 0.192 e. The number of fused-ring (bicyclic) bond motifs is 5. The highest BCUT2D eigenvalue weighted by atomic mass is 28.4. The Morgan fingerprint density at radius 1 is 1.10 bits per heavy atom. The zero-order valence-electron chi connectivity index (χ0n) is 19.7. The number of carbonyl (C=O) groups excluding carboxylic acids is 1. The number of hydrogen-bond acceptors (Lipinski definition) is 3. The van der Waals surface area contributed by atoms with Gasteiger partial charge in [-0.2, -0.15) is 0 Å². The highest BCUT2D eigenvalue weighted by molar-refractivity contribution is 6.74. The monoisotopic (exact) mass is 418 g/mol. The maximum absolute atomic E-state index is 12.1. The number of aliphatic hydroxyl groups is 1. The van der Waals surface area contributed by atoms with Gasteiger partial charge in [-0.3, -0.25) is 4.79 Å². The first-order valence-electron chi connectivity index (χ1n) is 11.9. The van der Waals surface area contributed by atoms with Gasteiger partial charge in [-0.15, -0.1) is 0 Å². The van der Waals surface area contributed by atoms with Crippen molar-refractivity contribution in [2.24, 2.45) is 28.6 Å². The minimum Gasteiger partial charge on any atom is -0.413 e. The zero-order valence-corrected chi connectivity index (χ0v) is 20.7. The van der Waals surface area contributed by atoms with Gasteiger partial charge in [-0.25, -0.2) is 0 Å². The summed E-state index contributed by atoms with van der Waals surface area (Å²) in [6, 6.07) is 0. The third-order valence-electron chi connectivity index (χ3n) is 10.2. The first kappa shape index (κ1) is 21.8. The van der Waals surface area contributed by atoms with Gasteiger partial charge in [0.2, 0.25) is 0 Å². The Balaban J connectivity index is 1.60. The maximum Gasteiger partial charge on any atom is 0.192 e. The van der Waals surface area contributed by atoms with Crippen LogP contribution in [0.3, 0.4) is 0 Å². The van der Waals surface area contributed by atoms with Crippen molar-refractivity contribution in [2.45, 2.75) is 110 Å². The van der Waals surface area contributed by atoms with Gasteiger partial charge in [0.25, 0.3) is 0 Å². The molecule has 0 amide bonds. The van der Waals surface area contributed by atoms with Gasteiger partial charge in [0.15, 0.2) is 14.1 Å². The lowest BCUT2D eigenvalue weighted by Gasteiger charge is -2.59. The van der Waals surface area contributed by atoms with E-state index in [2.05, 4.69) is 47.7 Å². The molecule has 3 saturated carbocycles. The standard InChI is InChI=1S/C25H42O3Si/c1-23(2,3)29(6,7)28-22-11-10-19-18-9-8-16-14-17(26)15-21(27)25(16,5)20(18)12-13-24(19,22)4/h14,18-22,27H,8-13,15H2,1-7H3/t18-,19-,20-,21-,22-,24-,25-/m0/s1. The van der Waals surface area contributed by atoms with E-state index in [-0.39, 0.29) is 21.7 Å². The number of rotatable bonds is 2. The third-order valence-corrected chi connectivity index (χ3v) is 14.7. The van der Waals surface area contributed by atoms with Gasteiger partial charge in [-0.1, -0.05) is 40.2 Å². The van der Waals surface area contributed by atoms with E-state index in [0.717, 1.165) is 12.8 Å². The summed E-state index contributed by atoms with van der Waals surface area (Å²) in [5.74, 6) is 1.98. The molecule has 0 saturated heterocycles. The van der Waals surface area contributed by atoms with Crippen LogP contribution >= 0.6 is 0 Å². The van der Waals surface area contributed by atoms with Crippen molar-refractivity contribution >= 4 is 14.1 Å². The second-order valence-electron chi connectivity index (χ2n) is 12.5. The third kappa shape index (κ3) is 3.15. The van der Waals surface area contributed by atoms with Crippen molar-refractivity contribution in [3.8, 4) is 0 Å². The molecule has 3 nitrogen and oxygen atoms in total. The summed E-state index contributed by atoms with van der Waals surface area (Å²) in [7, 11) is -1.78. The predicted molar refractivity (Wildman–Crippen MR) is 120 cm³/mol. The van der Waals surface area contributed by atoms with Crippen LogP contribution in [0.25, 0.3) is 0 Å². The Morgan fingerprint density at radius 3 is 2.45 bits per heavy atom. The molecule has 3 fully saturated rings. The van der Waals surface area contributed by atoms with Gasteiger partial charge in [0.05, 0.1) is 12.2 Å². The number of aliphatic hydroxyl groups excluding tert-OH is 1. The van der Waals surface area contributed by atoms with E-state index in [1.807, 2.05) is 6.08 Å². The molecular formula is C25H42O3Si. The minimum absolute atomic E-state index is 0.118. The van der Waals surface area contributed by atoms with Crippen molar-refractivity contribution in [1.82, 2.24) is 0 Å². The summed E-state index contributed by atoms with van der Waals surface area (Å²) in [4.78, 5) is 12.1. The highest BCUT2D eigenvalue weighted by Crippen LogP contribution is 2.66. The minimum atomic E-state index is -1.78.